The Hall–Kier alpha value is -2.61. The predicted molar refractivity (Wildman–Crippen MR) is 81.1 cm³/mol. The lowest BCUT2D eigenvalue weighted by Gasteiger charge is -2.13. The van der Waals surface area contributed by atoms with Crippen LogP contribution < -0.4 is 15.5 Å². The topological polar surface area (TPSA) is 116 Å². The van der Waals surface area contributed by atoms with E-state index >= 15 is 0 Å². The molecule has 0 bridgehead atoms. The number of carbonyl (C=O) groups is 4. The SMILES string of the molecule is O=C(O)CNC(=O)CCC1NC(=O)N(c2ccc(Cl)cc2)C1=O. The van der Waals surface area contributed by atoms with Crippen LogP contribution in [0.15, 0.2) is 24.3 Å². The summed E-state index contributed by atoms with van der Waals surface area (Å²) in [6, 6.07) is 4.81. The molecule has 122 valence electrons. The number of carboxylic acid groups (broad SMARTS) is 1. The van der Waals surface area contributed by atoms with Crippen LogP contribution in [0.25, 0.3) is 0 Å². The Labute approximate surface area is 136 Å². The Morgan fingerprint density at radius 2 is 1.91 bits per heavy atom. The highest BCUT2D eigenvalue weighted by atomic mass is 35.5. The van der Waals surface area contributed by atoms with E-state index in [1.165, 1.54) is 0 Å². The third-order valence-corrected chi connectivity index (χ3v) is 3.45. The molecule has 1 unspecified atom stereocenters. The van der Waals surface area contributed by atoms with E-state index in [2.05, 4.69) is 10.6 Å². The van der Waals surface area contributed by atoms with E-state index in [-0.39, 0.29) is 12.8 Å². The number of benzene rings is 1. The van der Waals surface area contributed by atoms with Crippen molar-refractivity contribution in [2.24, 2.45) is 0 Å². The van der Waals surface area contributed by atoms with Gasteiger partial charge in [0.05, 0.1) is 5.69 Å². The van der Waals surface area contributed by atoms with Crippen molar-refractivity contribution in [2.75, 3.05) is 11.4 Å². The Balaban J connectivity index is 1.94. The number of nitrogens with one attached hydrogen (secondary N) is 2. The second-order valence-corrected chi connectivity index (χ2v) is 5.30. The molecule has 0 spiro atoms. The molecule has 0 aromatic heterocycles. The average Bonchev–Trinajstić information content (AvgIpc) is 2.78. The summed E-state index contributed by atoms with van der Waals surface area (Å²) in [6.07, 6.45) is 0.0124. The lowest BCUT2D eigenvalue weighted by atomic mass is 10.1. The largest absolute Gasteiger partial charge is 0.480 e. The summed E-state index contributed by atoms with van der Waals surface area (Å²) < 4.78 is 0. The summed E-state index contributed by atoms with van der Waals surface area (Å²) in [5, 5.41) is 13.6. The molecule has 2 rings (SSSR count). The molecule has 1 atom stereocenters. The molecule has 8 nitrogen and oxygen atoms in total. The standard InChI is InChI=1S/C14H14ClN3O5/c15-8-1-3-9(4-2-8)18-13(22)10(17-14(18)23)5-6-11(19)16-7-12(20)21/h1-4,10H,5-7H2,(H,16,19)(H,17,23)(H,20,21). The maximum Gasteiger partial charge on any atom is 0.329 e. The van der Waals surface area contributed by atoms with Crippen LogP contribution in [-0.2, 0) is 14.4 Å². The second-order valence-electron chi connectivity index (χ2n) is 4.86. The summed E-state index contributed by atoms with van der Waals surface area (Å²) in [4.78, 5) is 47.0. The van der Waals surface area contributed by atoms with E-state index in [9.17, 15) is 19.2 Å². The van der Waals surface area contributed by atoms with Crippen molar-refractivity contribution >= 4 is 41.1 Å². The number of hydrogen-bond acceptors (Lipinski definition) is 4. The van der Waals surface area contributed by atoms with Gasteiger partial charge in [-0.2, -0.15) is 0 Å². The summed E-state index contributed by atoms with van der Waals surface area (Å²) >= 11 is 5.77. The first kappa shape index (κ1) is 16.8. The highest BCUT2D eigenvalue weighted by Gasteiger charge is 2.38. The number of halogens is 1. The molecule has 0 aliphatic carbocycles. The monoisotopic (exact) mass is 339 g/mol. The van der Waals surface area contributed by atoms with Crippen molar-refractivity contribution in [2.45, 2.75) is 18.9 Å². The lowest BCUT2D eigenvalue weighted by Crippen LogP contribution is -2.34. The van der Waals surface area contributed by atoms with Crippen LogP contribution in [0.3, 0.4) is 0 Å². The normalized spacial score (nSPS) is 17.1. The van der Waals surface area contributed by atoms with Gasteiger partial charge < -0.3 is 15.7 Å². The molecule has 4 amide bonds. The van der Waals surface area contributed by atoms with Gasteiger partial charge >= 0.3 is 12.0 Å². The maximum absolute atomic E-state index is 12.3. The third kappa shape index (κ3) is 4.19. The van der Waals surface area contributed by atoms with Crippen LogP contribution in [-0.4, -0.2) is 41.5 Å². The van der Waals surface area contributed by atoms with Crippen molar-refractivity contribution in [1.82, 2.24) is 10.6 Å². The highest BCUT2D eigenvalue weighted by molar-refractivity contribution is 6.30. The zero-order valence-electron chi connectivity index (χ0n) is 11.9. The first-order valence-corrected chi connectivity index (χ1v) is 7.15. The molecular formula is C14H14ClN3O5. The van der Waals surface area contributed by atoms with E-state index < -0.39 is 36.4 Å². The average molecular weight is 340 g/mol. The fraction of sp³-hybridized carbons (Fsp3) is 0.286. The molecular weight excluding hydrogens is 326 g/mol. The molecule has 1 saturated heterocycles. The molecule has 23 heavy (non-hydrogen) atoms. The maximum atomic E-state index is 12.3. The number of amides is 4. The first-order chi connectivity index (χ1) is 10.9. The first-order valence-electron chi connectivity index (χ1n) is 6.77. The fourth-order valence-electron chi connectivity index (χ4n) is 2.10. The van der Waals surface area contributed by atoms with Gasteiger partial charge in [0.2, 0.25) is 5.91 Å². The minimum absolute atomic E-state index is 0.0710. The second kappa shape index (κ2) is 7.10. The van der Waals surface area contributed by atoms with E-state index in [0.29, 0.717) is 10.7 Å². The van der Waals surface area contributed by atoms with Crippen LogP contribution in [0.5, 0.6) is 0 Å². The molecule has 1 aliphatic rings. The molecule has 0 saturated carbocycles. The summed E-state index contributed by atoms with van der Waals surface area (Å²) in [5.74, 6) is -2.12. The number of rotatable bonds is 6. The molecule has 1 aromatic carbocycles. The zero-order chi connectivity index (χ0) is 17.0. The summed E-state index contributed by atoms with van der Waals surface area (Å²) in [5.41, 5.74) is 0.384. The molecule has 9 heteroatoms. The lowest BCUT2D eigenvalue weighted by molar-refractivity contribution is -0.138. The zero-order valence-corrected chi connectivity index (χ0v) is 12.7. The van der Waals surface area contributed by atoms with Gasteiger partial charge in [-0.1, -0.05) is 11.6 Å². The molecule has 3 N–H and O–H groups in total. The number of anilines is 1. The number of imide groups is 1. The smallest absolute Gasteiger partial charge is 0.329 e. The molecule has 1 aromatic rings. The third-order valence-electron chi connectivity index (χ3n) is 3.20. The van der Waals surface area contributed by atoms with Gasteiger partial charge in [0, 0.05) is 11.4 Å². The Bertz CT molecular complexity index is 646. The number of aliphatic carboxylic acids is 1. The van der Waals surface area contributed by atoms with Gasteiger partial charge in [-0.05, 0) is 30.7 Å². The molecule has 1 aliphatic heterocycles. The Morgan fingerprint density at radius 1 is 1.26 bits per heavy atom. The van der Waals surface area contributed by atoms with Crippen LogP contribution in [0, 0.1) is 0 Å². The number of hydrogen-bond donors (Lipinski definition) is 3. The number of carbonyl (C=O) groups excluding carboxylic acids is 3. The highest BCUT2D eigenvalue weighted by Crippen LogP contribution is 2.22. The number of carboxylic acids is 1. The van der Waals surface area contributed by atoms with Crippen molar-refractivity contribution in [3.8, 4) is 0 Å². The van der Waals surface area contributed by atoms with Crippen molar-refractivity contribution < 1.29 is 24.3 Å². The van der Waals surface area contributed by atoms with Crippen LogP contribution >= 0.6 is 11.6 Å². The minimum atomic E-state index is -1.16. The quantitative estimate of drug-likeness (QED) is 0.661. The summed E-state index contributed by atoms with van der Waals surface area (Å²) in [7, 11) is 0. The van der Waals surface area contributed by atoms with Crippen molar-refractivity contribution in [3.05, 3.63) is 29.3 Å². The van der Waals surface area contributed by atoms with Crippen LogP contribution in [0.4, 0.5) is 10.5 Å². The Morgan fingerprint density at radius 3 is 2.52 bits per heavy atom. The Kier molecular flexibility index (Phi) is 5.17. The van der Waals surface area contributed by atoms with Gasteiger partial charge in [0.15, 0.2) is 0 Å². The van der Waals surface area contributed by atoms with Gasteiger partial charge in [-0.25, -0.2) is 9.69 Å². The van der Waals surface area contributed by atoms with Gasteiger partial charge in [-0.3, -0.25) is 14.4 Å². The number of urea groups is 1. The van der Waals surface area contributed by atoms with E-state index in [0.717, 1.165) is 4.90 Å². The fourth-order valence-corrected chi connectivity index (χ4v) is 2.23. The van der Waals surface area contributed by atoms with Crippen molar-refractivity contribution in [3.63, 3.8) is 0 Å². The van der Waals surface area contributed by atoms with Gasteiger partial charge in [0.25, 0.3) is 5.91 Å². The summed E-state index contributed by atoms with van der Waals surface area (Å²) in [6.45, 7) is -0.485. The van der Waals surface area contributed by atoms with E-state index in [1.807, 2.05) is 0 Å². The van der Waals surface area contributed by atoms with Gasteiger partial charge in [-0.15, -0.1) is 0 Å². The number of nitrogens with zero attached hydrogens (tertiary/aromatic N) is 1. The molecule has 1 fully saturated rings. The van der Waals surface area contributed by atoms with Crippen LogP contribution in [0.1, 0.15) is 12.8 Å². The minimum Gasteiger partial charge on any atom is -0.480 e. The van der Waals surface area contributed by atoms with E-state index in [1.54, 1.807) is 24.3 Å². The van der Waals surface area contributed by atoms with Gasteiger partial charge in [0.1, 0.15) is 12.6 Å². The van der Waals surface area contributed by atoms with Crippen molar-refractivity contribution in [1.29, 1.82) is 0 Å². The molecule has 0 radical (unpaired) electrons. The predicted octanol–water partition coefficient (Wildman–Crippen LogP) is 0.746. The molecule has 1 heterocycles. The van der Waals surface area contributed by atoms with E-state index in [4.69, 9.17) is 16.7 Å². The van der Waals surface area contributed by atoms with Crippen LogP contribution in [0.2, 0.25) is 5.02 Å².